The SMILES string of the molecule is CNC(Cc1ccc2ccccc2n1)C1CCCCO1. The van der Waals surface area contributed by atoms with Crippen molar-refractivity contribution in [3.63, 3.8) is 0 Å². The Bertz CT molecular complexity index is 564. The Hall–Kier alpha value is -1.45. The second-order valence-electron chi connectivity index (χ2n) is 5.50. The minimum absolute atomic E-state index is 0.321. The molecule has 1 aromatic heterocycles. The second-order valence-corrected chi connectivity index (χ2v) is 5.50. The van der Waals surface area contributed by atoms with Crippen LogP contribution in [0.5, 0.6) is 0 Å². The minimum Gasteiger partial charge on any atom is -0.377 e. The van der Waals surface area contributed by atoms with Gasteiger partial charge in [-0.2, -0.15) is 0 Å². The summed E-state index contributed by atoms with van der Waals surface area (Å²) in [5.41, 5.74) is 2.21. The first-order chi connectivity index (χ1) is 9.86. The predicted octanol–water partition coefficient (Wildman–Crippen LogP) is 2.93. The van der Waals surface area contributed by atoms with E-state index in [1.165, 1.54) is 18.2 Å². The van der Waals surface area contributed by atoms with Crippen molar-refractivity contribution in [2.75, 3.05) is 13.7 Å². The molecule has 3 nitrogen and oxygen atoms in total. The van der Waals surface area contributed by atoms with Gasteiger partial charge < -0.3 is 10.1 Å². The number of nitrogens with zero attached hydrogens (tertiary/aromatic N) is 1. The fourth-order valence-electron chi connectivity index (χ4n) is 2.95. The Balaban J connectivity index is 1.76. The van der Waals surface area contributed by atoms with Gasteiger partial charge in [0.05, 0.1) is 11.6 Å². The van der Waals surface area contributed by atoms with Gasteiger partial charge in [0.1, 0.15) is 0 Å². The molecule has 0 saturated carbocycles. The Labute approximate surface area is 120 Å². The highest BCUT2D eigenvalue weighted by molar-refractivity contribution is 5.78. The van der Waals surface area contributed by atoms with Crippen LogP contribution >= 0.6 is 0 Å². The fraction of sp³-hybridized carbons (Fsp3) is 0.471. The average molecular weight is 270 g/mol. The summed E-state index contributed by atoms with van der Waals surface area (Å²) in [6.07, 6.45) is 4.86. The van der Waals surface area contributed by atoms with Crippen molar-refractivity contribution in [1.82, 2.24) is 10.3 Å². The van der Waals surface area contributed by atoms with Crippen LogP contribution in [0.15, 0.2) is 36.4 Å². The third-order valence-electron chi connectivity index (χ3n) is 4.12. The third kappa shape index (κ3) is 3.00. The van der Waals surface area contributed by atoms with Crippen LogP contribution in [0.2, 0.25) is 0 Å². The van der Waals surface area contributed by atoms with Crippen LogP contribution in [0.25, 0.3) is 10.9 Å². The Kier molecular flexibility index (Phi) is 4.28. The normalized spacial score (nSPS) is 20.9. The lowest BCUT2D eigenvalue weighted by molar-refractivity contribution is -0.00604. The van der Waals surface area contributed by atoms with Crippen LogP contribution in [-0.4, -0.2) is 30.8 Å². The van der Waals surface area contributed by atoms with E-state index < -0.39 is 0 Å². The molecule has 0 spiro atoms. The largest absolute Gasteiger partial charge is 0.377 e. The highest BCUT2D eigenvalue weighted by Crippen LogP contribution is 2.19. The molecule has 1 aliphatic rings. The smallest absolute Gasteiger partial charge is 0.0731 e. The lowest BCUT2D eigenvalue weighted by atomic mass is 9.98. The molecular weight excluding hydrogens is 248 g/mol. The highest BCUT2D eigenvalue weighted by Gasteiger charge is 2.23. The molecule has 2 unspecified atom stereocenters. The van der Waals surface area contributed by atoms with Crippen LogP contribution in [0.1, 0.15) is 25.0 Å². The van der Waals surface area contributed by atoms with Crippen LogP contribution in [0.4, 0.5) is 0 Å². The van der Waals surface area contributed by atoms with Gasteiger partial charge in [0, 0.05) is 30.1 Å². The van der Waals surface area contributed by atoms with E-state index >= 15 is 0 Å². The molecule has 1 saturated heterocycles. The Morgan fingerprint density at radius 2 is 2.15 bits per heavy atom. The molecule has 1 N–H and O–H groups in total. The quantitative estimate of drug-likeness (QED) is 0.927. The van der Waals surface area contributed by atoms with Crippen LogP contribution in [0.3, 0.4) is 0 Å². The van der Waals surface area contributed by atoms with Gasteiger partial charge in [-0.1, -0.05) is 24.3 Å². The van der Waals surface area contributed by atoms with Gasteiger partial charge >= 0.3 is 0 Å². The Morgan fingerprint density at radius 1 is 1.25 bits per heavy atom. The summed E-state index contributed by atoms with van der Waals surface area (Å²) in [7, 11) is 2.02. The summed E-state index contributed by atoms with van der Waals surface area (Å²) in [6.45, 7) is 0.897. The molecule has 0 aliphatic carbocycles. The molecule has 3 heteroatoms. The first-order valence-electron chi connectivity index (χ1n) is 7.50. The number of pyridine rings is 1. The molecule has 106 valence electrons. The van der Waals surface area contributed by atoms with Crippen molar-refractivity contribution in [2.24, 2.45) is 0 Å². The van der Waals surface area contributed by atoms with E-state index in [0.29, 0.717) is 12.1 Å². The van der Waals surface area contributed by atoms with E-state index in [9.17, 15) is 0 Å². The molecule has 2 heterocycles. The van der Waals surface area contributed by atoms with E-state index in [0.717, 1.165) is 30.7 Å². The first kappa shape index (κ1) is 13.5. The zero-order chi connectivity index (χ0) is 13.8. The maximum Gasteiger partial charge on any atom is 0.0731 e. The maximum atomic E-state index is 5.90. The van der Waals surface area contributed by atoms with Crippen molar-refractivity contribution >= 4 is 10.9 Å². The van der Waals surface area contributed by atoms with Gasteiger partial charge in [-0.05, 0) is 38.4 Å². The molecular formula is C17H22N2O. The molecule has 0 bridgehead atoms. The second kappa shape index (κ2) is 6.33. The molecule has 20 heavy (non-hydrogen) atoms. The molecule has 2 aromatic rings. The molecule has 2 atom stereocenters. The zero-order valence-electron chi connectivity index (χ0n) is 12.0. The molecule has 1 fully saturated rings. The van der Waals surface area contributed by atoms with E-state index in [1.807, 2.05) is 13.1 Å². The van der Waals surface area contributed by atoms with Gasteiger partial charge in [0.15, 0.2) is 0 Å². The summed E-state index contributed by atoms with van der Waals surface area (Å²) in [4.78, 5) is 4.76. The molecule has 0 amide bonds. The van der Waals surface area contributed by atoms with Gasteiger partial charge in [0.25, 0.3) is 0 Å². The predicted molar refractivity (Wildman–Crippen MR) is 81.9 cm³/mol. The lowest BCUT2D eigenvalue weighted by Crippen LogP contribution is -2.42. The van der Waals surface area contributed by atoms with Crippen LogP contribution in [-0.2, 0) is 11.2 Å². The Morgan fingerprint density at radius 3 is 2.95 bits per heavy atom. The van der Waals surface area contributed by atoms with Gasteiger partial charge in [-0.25, -0.2) is 0 Å². The van der Waals surface area contributed by atoms with E-state index in [4.69, 9.17) is 9.72 Å². The van der Waals surface area contributed by atoms with Gasteiger partial charge in [-0.15, -0.1) is 0 Å². The highest BCUT2D eigenvalue weighted by atomic mass is 16.5. The number of ether oxygens (including phenoxy) is 1. The van der Waals surface area contributed by atoms with E-state index in [-0.39, 0.29) is 0 Å². The summed E-state index contributed by atoms with van der Waals surface area (Å²) < 4.78 is 5.90. The maximum absolute atomic E-state index is 5.90. The third-order valence-corrected chi connectivity index (χ3v) is 4.12. The lowest BCUT2D eigenvalue weighted by Gasteiger charge is -2.30. The number of para-hydroxylation sites is 1. The molecule has 3 rings (SSSR count). The van der Waals surface area contributed by atoms with Gasteiger partial charge in [0.2, 0.25) is 0 Å². The van der Waals surface area contributed by atoms with E-state index in [2.05, 4.69) is 35.6 Å². The number of nitrogens with one attached hydrogen (secondary N) is 1. The molecule has 1 aliphatic heterocycles. The number of hydrogen-bond donors (Lipinski definition) is 1. The van der Waals surface area contributed by atoms with Crippen LogP contribution < -0.4 is 5.32 Å². The average Bonchev–Trinajstić information content (AvgIpc) is 2.53. The first-order valence-corrected chi connectivity index (χ1v) is 7.50. The molecule has 1 aromatic carbocycles. The number of rotatable bonds is 4. The topological polar surface area (TPSA) is 34.2 Å². The minimum atomic E-state index is 0.321. The van der Waals surface area contributed by atoms with Crippen molar-refractivity contribution < 1.29 is 4.74 Å². The number of hydrogen-bond acceptors (Lipinski definition) is 3. The number of benzene rings is 1. The zero-order valence-corrected chi connectivity index (χ0v) is 12.0. The number of fused-ring (bicyclic) bond motifs is 1. The fourth-order valence-corrected chi connectivity index (χ4v) is 2.95. The standard InChI is InChI=1S/C17H22N2O/c1-18-16(17-8-4-5-11-20-17)12-14-10-9-13-6-2-3-7-15(13)19-14/h2-3,6-7,9-10,16-18H,4-5,8,11-12H2,1H3. The summed E-state index contributed by atoms with van der Waals surface area (Å²) in [6, 6.07) is 12.9. The van der Waals surface area contributed by atoms with Gasteiger partial charge in [-0.3, -0.25) is 4.98 Å². The summed E-state index contributed by atoms with van der Waals surface area (Å²) in [5, 5.41) is 4.60. The van der Waals surface area contributed by atoms with Crippen LogP contribution in [0, 0.1) is 0 Å². The summed E-state index contributed by atoms with van der Waals surface area (Å²) >= 11 is 0. The molecule has 0 radical (unpaired) electrons. The van der Waals surface area contributed by atoms with Crippen molar-refractivity contribution in [1.29, 1.82) is 0 Å². The number of aromatic nitrogens is 1. The number of likely N-dealkylation sites (N-methyl/N-ethyl adjacent to an activating group) is 1. The van der Waals surface area contributed by atoms with Crippen molar-refractivity contribution in [2.45, 2.75) is 37.8 Å². The van der Waals surface area contributed by atoms with Crippen molar-refractivity contribution in [3.8, 4) is 0 Å². The van der Waals surface area contributed by atoms with Crippen molar-refractivity contribution in [3.05, 3.63) is 42.1 Å². The summed E-state index contributed by atoms with van der Waals surface area (Å²) in [5.74, 6) is 0. The van der Waals surface area contributed by atoms with E-state index in [1.54, 1.807) is 0 Å². The monoisotopic (exact) mass is 270 g/mol.